The normalized spacial score (nSPS) is 16.1. The van der Waals surface area contributed by atoms with Crippen LogP contribution < -0.4 is 10.6 Å². The Balaban J connectivity index is 1.95. The van der Waals surface area contributed by atoms with Crippen LogP contribution in [0.1, 0.15) is 38.8 Å². The van der Waals surface area contributed by atoms with Crippen LogP contribution in [0.25, 0.3) is 11.5 Å². The van der Waals surface area contributed by atoms with Crippen molar-refractivity contribution in [2.24, 2.45) is 5.92 Å². The van der Waals surface area contributed by atoms with E-state index in [0.717, 1.165) is 18.9 Å². The highest BCUT2D eigenvalue weighted by atomic mass is 19.4. The van der Waals surface area contributed by atoms with E-state index in [1.807, 2.05) is 13.0 Å². The Bertz CT molecular complexity index is 874. The summed E-state index contributed by atoms with van der Waals surface area (Å²) in [6.45, 7) is 3.80. The largest absolute Gasteiger partial charge is 0.433 e. The zero-order valence-electron chi connectivity index (χ0n) is 15.5. The van der Waals surface area contributed by atoms with E-state index < -0.39 is 11.9 Å². The fraction of sp³-hybridized carbons (Fsp3) is 0.500. The van der Waals surface area contributed by atoms with E-state index >= 15 is 0 Å². The monoisotopic (exact) mass is 391 g/mol. The number of aromatic nitrogens is 4. The summed E-state index contributed by atoms with van der Waals surface area (Å²) in [5.41, 5.74) is -1.02. The van der Waals surface area contributed by atoms with E-state index in [1.54, 1.807) is 6.92 Å². The van der Waals surface area contributed by atoms with Crippen molar-refractivity contribution in [3.63, 3.8) is 0 Å². The van der Waals surface area contributed by atoms with Crippen molar-refractivity contribution in [3.8, 4) is 17.6 Å². The van der Waals surface area contributed by atoms with Gasteiger partial charge in [-0.15, -0.1) is 0 Å². The summed E-state index contributed by atoms with van der Waals surface area (Å²) in [7, 11) is 0. The molecule has 0 radical (unpaired) electrons. The Kier molecular flexibility index (Phi) is 5.63. The lowest BCUT2D eigenvalue weighted by Gasteiger charge is -2.16. The number of nitriles is 1. The van der Waals surface area contributed by atoms with Crippen molar-refractivity contribution in [1.29, 1.82) is 5.26 Å². The minimum absolute atomic E-state index is 0.00432. The fourth-order valence-corrected chi connectivity index (χ4v) is 2.66. The molecule has 148 valence electrons. The lowest BCUT2D eigenvalue weighted by Crippen LogP contribution is -2.22. The van der Waals surface area contributed by atoms with Gasteiger partial charge in [-0.25, -0.2) is 4.98 Å². The lowest BCUT2D eigenvalue weighted by molar-refractivity contribution is -0.141. The van der Waals surface area contributed by atoms with Crippen LogP contribution in [0.5, 0.6) is 0 Å². The molecule has 10 heteroatoms. The fourth-order valence-electron chi connectivity index (χ4n) is 2.66. The quantitative estimate of drug-likeness (QED) is 0.739. The molecule has 2 atom stereocenters. The molecule has 1 aliphatic rings. The van der Waals surface area contributed by atoms with Gasteiger partial charge >= 0.3 is 6.18 Å². The molecule has 28 heavy (non-hydrogen) atoms. The number of nitrogens with one attached hydrogen (secondary N) is 2. The van der Waals surface area contributed by atoms with Crippen LogP contribution >= 0.6 is 0 Å². The zero-order valence-corrected chi connectivity index (χ0v) is 15.5. The van der Waals surface area contributed by atoms with Gasteiger partial charge in [0.25, 0.3) is 0 Å². The van der Waals surface area contributed by atoms with Crippen molar-refractivity contribution in [1.82, 2.24) is 19.9 Å². The molecule has 2 aromatic rings. The third kappa shape index (κ3) is 5.06. The highest BCUT2D eigenvalue weighted by Gasteiger charge is 2.33. The van der Waals surface area contributed by atoms with E-state index in [-0.39, 0.29) is 41.9 Å². The standard InChI is InChI=1S/C18H20F3N7/c1-10(8-9-22)23-16-26-15(13-4-3-5-14(25-13)18(19,20)21)27-17(28-16)24-11(2)12-6-7-12/h3-5,10-12H,6-8H2,1-2H3,(H2,23,24,26,27,28). The van der Waals surface area contributed by atoms with E-state index in [4.69, 9.17) is 5.26 Å². The van der Waals surface area contributed by atoms with Gasteiger partial charge in [0.15, 0.2) is 5.82 Å². The van der Waals surface area contributed by atoms with Crippen LogP contribution in [0, 0.1) is 17.2 Å². The molecule has 0 bridgehead atoms. The van der Waals surface area contributed by atoms with Gasteiger partial charge in [0.1, 0.15) is 11.4 Å². The smallest absolute Gasteiger partial charge is 0.351 e. The summed E-state index contributed by atoms with van der Waals surface area (Å²) in [4.78, 5) is 16.4. The molecular formula is C18H20F3N7. The van der Waals surface area contributed by atoms with Crippen molar-refractivity contribution in [2.45, 2.75) is 51.4 Å². The molecule has 2 heterocycles. The van der Waals surface area contributed by atoms with Gasteiger partial charge in [0.05, 0.1) is 12.5 Å². The summed E-state index contributed by atoms with van der Waals surface area (Å²) in [5.74, 6) is 0.992. The SMILES string of the molecule is CC(CC#N)Nc1nc(NC(C)C2CC2)nc(-c2cccc(C(F)(F)F)n2)n1. The molecule has 1 saturated carbocycles. The van der Waals surface area contributed by atoms with Crippen LogP contribution in [0.4, 0.5) is 25.1 Å². The molecule has 0 spiro atoms. The maximum absolute atomic E-state index is 13.0. The molecule has 2 aromatic heterocycles. The predicted molar refractivity (Wildman–Crippen MR) is 97.2 cm³/mol. The van der Waals surface area contributed by atoms with Gasteiger partial charge in [0, 0.05) is 12.1 Å². The number of hydrogen-bond acceptors (Lipinski definition) is 7. The molecule has 0 saturated heterocycles. The zero-order chi connectivity index (χ0) is 20.3. The number of rotatable bonds is 7. The second-order valence-electron chi connectivity index (χ2n) is 6.89. The predicted octanol–water partition coefficient (Wildman–Crippen LogP) is 3.88. The molecule has 0 aromatic carbocycles. The first-order valence-corrected chi connectivity index (χ1v) is 8.97. The Hall–Kier alpha value is -2.96. The average Bonchev–Trinajstić information content (AvgIpc) is 3.46. The molecule has 0 amide bonds. The van der Waals surface area contributed by atoms with Crippen LogP contribution in [0.2, 0.25) is 0 Å². The minimum Gasteiger partial charge on any atom is -0.351 e. The summed E-state index contributed by atoms with van der Waals surface area (Å²) < 4.78 is 39.0. The topological polar surface area (TPSA) is 99.4 Å². The molecule has 0 aliphatic heterocycles. The maximum Gasteiger partial charge on any atom is 0.433 e. The van der Waals surface area contributed by atoms with E-state index in [1.165, 1.54) is 12.1 Å². The Labute approximate surface area is 160 Å². The molecule has 1 fully saturated rings. The third-order valence-electron chi connectivity index (χ3n) is 4.36. The second kappa shape index (κ2) is 7.96. The Morgan fingerprint density at radius 1 is 1.11 bits per heavy atom. The molecule has 1 aliphatic carbocycles. The highest BCUT2D eigenvalue weighted by molar-refractivity contribution is 5.54. The van der Waals surface area contributed by atoms with Crippen LogP contribution in [-0.4, -0.2) is 32.0 Å². The van der Waals surface area contributed by atoms with Gasteiger partial charge in [-0.3, -0.25) is 0 Å². The van der Waals surface area contributed by atoms with E-state index in [9.17, 15) is 13.2 Å². The summed E-state index contributed by atoms with van der Waals surface area (Å²) in [6, 6.07) is 5.52. The van der Waals surface area contributed by atoms with Crippen molar-refractivity contribution in [2.75, 3.05) is 10.6 Å². The van der Waals surface area contributed by atoms with E-state index in [2.05, 4.69) is 30.6 Å². The molecule has 7 nitrogen and oxygen atoms in total. The number of anilines is 2. The number of hydrogen-bond donors (Lipinski definition) is 2. The van der Waals surface area contributed by atoms with Crippen molar-refractivity contribution in [3.05, 3.63) is 23.9 Å². The van der Waals surface area contributed by atoms with Gasteiger partial charge in [-0.1, -0.05) is 6.07 Å². The van der Waals surface area contributed by atoms with E-state index in [0.29, 0.717) is 5.92 Å². The Morgan fingerprint density at radius 2 is 1.79 bits per heavy atom. The van der Waals surface area contributed by atoms with Gasteiger partial charge in [-0.2, -0.15) is 33.4 Å². The third-order valence-corrected chi connectivity index (χ3v) is 4.36. The molecular weight excluding hydrogens is 371 g/mol. The van der Waals surface area contributed by atoms with Crippen molar-refractivity contribution < 1.29 is 13.2 Å². The number of halogens is 3. The molecule has 2 N–H and O–H groups in total. The van der Waals surface area contributed by atoms with Gasteiger partial charge in [0.2, 0.25) is 11.9 Å². The average molecular weight is 391 g/mol. The van der Waals surface area contributed by atoms with Crippen LogP contribution in [0.15, 0.2) is 18.2 Å². The van der Waals surface area contributed by atoms with Crippen molar-refractivity contribution >= 4 is 11.9 Å². The molecule has 2 unspecified atom stereocenters. The first kappa shape index (κ1) is 19.8. The first-order chi connectivity index (χ1) is 13.3. The maximum atomic E-state index is 13.0. The van der Waals surface area contributed by atoms with Gasteiger partial charge in [-0.05, 0) is 44.7 Å². The minimum atomic E-state index is -4.56. The highest BCUT2D eigenvalue weighted by Crippen LogP contribution is 2.34. The first-order valence-electron chi connectivity index (χ1n) is 8.97. The summed E-state index contributed by atoms with van der Waals surface area (Å²) in [6.07, 6.45) is -2.10. The summed E-state index contributed by atoms with van der Waals surface area (Å²) >= 11 is 0. The molecule has 3 rings (SSSR count). The van der Waals surface area contributed by atoms with Crippen LogP contribution in [-0.2, 0) is 6.18 Å². The number of alkyl halides is 3. The number of nitrogens with zero attached hydrogens (tertiary/aromatic N) is 5. The van der Waals surface area contributed by atoms with Gasteiger partial charge < -0.3 is 10.6 Å². The second-order valence-corrected chi connectivity index (χ2v) is 6.89. The summed E-state index contributed by atoms with van der Waals surface area (Å²) in [5, 5.41) is 15.0. The Morgan fingerprint density at radius 3 is 2.39 bits per heavy atom. The number of pyridine rings is 1. The van der Waals surface area contributed by atoms with Crippen LogP contribution in [0.3, 0.4) is 0 Å². The lowest BCUT2D eigenvalue weighted by atomic mass is 10.2.